The third-order valence-electron chi connectivity index (χ3n) is 2.58. The SMILES string of the molecule is CCCCC(COC)NC(=O)c1cnn(C)c1. The number of rotatable bonds is 7. The lowest BCUT2D eigenvalue weighted by atomic mass is 10.1. The van der Waals surface area contributed by atoms with Crippen molar-refractivity contribution in [2.24, 2.45) is 7.05 Å². The summed E-state index contributed by atoms with van der Waals surface area (Å²) in [7, 11) is 3.44. The Balaban J connectivity index is 2.51. The number of nitrogens with zero attached hydrogens (tertiary/aromatic N) is 2. The molecule has 1 unspecified atom stereocenters. The first-order valence-corrected chi connectivity index (χ1v) is 5.95. The Labute approximate surface area is 102 Å². The van der Waals surface area contributed by atoms with Gasteiger partial charge >= 0.3 is 0 Å². The molecule has 1 heterocycles. The fraction of sp³-hybridized carbons (Fsp3) is 0.667. The van der Waals surface area contributed by atoms with Crippen LogP contribution >= 0.6 is 0 Å². The van der Waals surface area contributed by atoms with Gasteiger partial charge in [0.2, 0.25) is 0 Å². The van der Waals surface area contributed by atoms with Gasteiger partial charge in [0.1, 0.15) is 0 Å². The third kappa shape index (κ3) is 4.56. The molecule has 1 N–H and O–H groups in total. The Bertz CT molecular complexity index is 349. The fourth-order valence-electron chi connectivity index (χ4n) is 1.66. The summed E-state index contributed by atoms with van der Waals surface area (Å²) in [5.74, 6) is -0.0868. The van der Waals surface area contributed by atoms with Crippen LogP contribution in [0.1, 0.15) is 36.5 Å². The normalized spacial score (nSPS) is 12.4. The van der Waals surface area contributed by atoms with Crippen LogP contribution in [-0.4, -0.2) is 35.4 Å². The number of carbonyl (C=O) groups excluding carboxylic acids is 1. The number of carbonyl (C=O) groups is 1. The second kappa shape index (κ2) is 7.06. The molecule has 5 nitrogen and oxygen atoms in total. The van der Waals surface area contributed by atoms with Crippen LogP contribution in [0.3, 0.4) is 0 Å². The summed E-state index contributed by atoms with van der Waals surface area (Å²) in [5.41, 5.74) is 0.588. The minimum Gasteiger partial charge on any atom is -0.383 e. The minimum absolute atomic E-state index is 0.0765. The number of aromatic nitrogens is 2. The number of hydrogen-bond acceptors (Lipinski definition) is 3. The van der Waals surface area contributed by atoms with Gasteiger partial charge in [0.15, 0.2) is 0 Å². The van der Waals surface area contributed by atoms with Gasteiger partial charge in [-0.1, -0.05) is 19.8 Å². The van der Waals surface area contributed by atoms with Gasteiger partial charge in [0.25, 0.3) is 5.91 Å². The molecule has 0 saturated heterocycles. The van der Waals surface area contributed by atoms with E-state index in [2.05, 4.69) is 17.3 Å². The zero-order valence-electron chi connectivity index (χ0n) is 10.8. The van der Waals surface area contributed by atoms with Gasteiger partial charge in [-0.05, 0) is 6.42 Å². The van der Waals surface area contributed by atoms with Crippen molar-refractivity contribution >= 4 is 5.91 Å². The lowest BCUT2D eigenvalue weighted by Gasteiger charge is -2.17. The van der Waals surface area contributed by atoms with Gasteiger partial charge in [-0.2, -0.15) is 5.10 Å². The van der Waals surface area contributed by atoms with Crippen molar-refractivity contribution in [1.29, 1.82) is 0 Å². The molecule has 17 heavy (non-hydrogen) atoms. The van der Waals surface area contributed by atoms with E-state index in [-0.39, 0.29) is 11.9 Å². The van der Waals surface area contributed by atoms with Crippen molar-refractivity contribution in [1.82, 2.24) is 15.1 Å². The monoisotopic (exact) mass is 239 g/mol. The Kier molecular flexibility index (Phi) is 5.69. The largest absolute Gasteiger partial charge is 0.383 e. The Hall–Kier alpha value is -1.36. The maximum atomic E-state index is 11.9. The highest BCUT2D eigenvalue weighted by molar-refractivity contribution is 5.93. The van der Waals surface area contributed by atoms with E-state index in [9.17, 15) is 4.79 Å². The molecule has 0 spiro atoms. The van der Waals surface area contributed by atoms with E-state index in [4.69, 9.17) is 4.74 Å². The van der Waals surface area contributed by atoms with Crippen molar-refractivity contribution in [3.8, 4) is 0 Å². The van der Waals surface area contributed by atoms with E-state index in [0.29, 0.717) is 12.2 Å². The molecular formula is C12H21N3O2. The maximum absolute atomic E-state index is 11.9. The molecule has 1 atom stereocenters. The molecule has 0 aliphatic heterocycles. The minimum atomic E-state index is -0.0868. The lowest BCUT2D eigenvalue weighted by molar-refractivity contribution is 0.0890. The maximum Gasteiger partial charge on any atom is 0.254 e. The second-order valence-electron chi connectivity index (χ2n) is 4.17. The van der Waals surface area contributed by atoms with Crippen molar-refractivity contribution in [3.05, 3.63) is 18.0 Å². The Morgan fingerprint density at radius 1 is 1.65 bits per heavy atom. The smallest absolute Gasteiger partial charge is 0.254 e. The molecule has 5 heteroatoms. The Morgan fingerprint density at radius 2 is 2.41 bits per heavy atom. The first-order chi connectivity index (χ1) is 8.17. The number of aryl methyl sites for hydroxylation is 1. The fourth-order valence-corrected chi connectivity index (χ4v) is 1.66. The molecule has 0 bridgehead atoms. The predicted molar refractivity (Wildman–Crippen MR) is 65.9 cm³/mol. The number of amides is 1. The molecule has 0 saturated carbocycles. The van der Waals surface area contributed by atoms with Crippen LogP contribution in [-0.2, 0) is 11.8 Å². The van der Waals surface area contributed by atoms with Crippen LogP contribution < -0.4 is 5.32 Å². The van der Waals surface area contributed by atoms with E-state index in [1.54, 1.807) is 31.2 Å². The summed E-state index contributed by atoms with van der Waals surface area (Å²) in [6.45, 7) is 2.68. The predicted octanol–water partition coefficient (Wildman–Crippen LogP) is 1.36. The van der Waals surface area contributed by atoms with Crippen LogP contribution in [0.25, 0.3) is 0 Å². The zero-order valence-corrected chi connectivity index (χ0v) is 10.8. The summed E-state index contributed by atoms with van der Waals surface area (Å²) in [4.78, 5) is 11.9. The van der Waals surface area contributed by atoms with E-state index < -0.39 is 0 Å². The second-order valence-corrected chi connectivity index (χ2v) is 4.17. The van der Waals surface area contributed by atoms with Gasteiger partial charge in [-0.25, -0.2) is 0 Å². The van der Waals surface area contributed by atoms with Gasteiger partial charge in [-0.15, -0.1) is 0 Å². The summed E-state index contributed by atoms with van der Waals surface area (Å²) < 4.78 is 6.72. The summed E-state index contributed by atoms with van der Waals surface area (Å²) in [6.07, 6.45) is 6.42. The molecular weight excluding hydrogens is 218 g/mol. The number of methoxy groups -OCH3 is 1. The van der Waals surface area contributed by atoms with Crippen LogP contribution in [0.2, 0.25) is 0 Å². The van der Waals surface area contributed by atoms with Crippen LogP contribution in [0.15, 0.2) is 12.4 Å². The number of nitrogens with one attached hydrogen (secondary N) is 1. The van der Waals surface area contributed by atoms with Crippen molar-refractivity contribution in [2.45, 2.75) is 32.2 Å². The van der Waals surface area contributed by atoms with Gasteiger partial charge < -0.3 is 10.1 Å². The van der Waals surface area contributed by atoms with Gasteiger partial charge in [0, 0.05) is 20.4 Å². The third-order valence-corrected chi connectivity index (χ3v) is 2.58. The molecule has 1 rings (SSSR count). The molecule has 0 fully saturated rings. The average molecular weight is 239 g/mol. The highest BCUT2D eigenvalue weighted by Crippen LogP contribution is 2.03. The van der Waals surface area contributed by atoms with E-state index in [1.165, 1.54) is 0 Å². The van der Waals surface area contributed by atoms with Crippen molar-refractivity contribution < 1.29 is 9.53 Å². The highest BCUT2D eigenvalue weighted by Gasteiger charge is 2.14. The molecule has 0 radical (unpaired) electrons. The first kappa shape index (κ1) is 13.7. The Morgan fingerprint density at radius 3 is 2.94 bits per heavy atom. The summed E-state index contributed by atoms with van der Waals surface area (Å²) in [5, 5.41) is 6.94. The van der Waals surface area contributed by atoms with E-state index in [1.807, 2.05) is 0 Å². The molecule has 96 valence electrons. The van der Waals surface area contributed by atoms with Crippen LogP contribution in [0, 0.1) is 0 Å². The number of unbranched alkanes of at least 4 members (excludes halogenated alkanes) is 1. The molecule has 1 amide bonds. The molecule has 1 aromatic rings. The molecule has 0 aliphatic rings. The topological polar surface area (TPSA) is 56.1 Å². The van der Waals surface area contributed by atoms with Crippen LogP contribution in [0.4, 0.5) is 0 Å². The molecule has 1 aromatic heterocycles. The van der Waals surface area contributed by atoms with Crippen molar-refractivity contribution in [2.75, 3.05) is 13.7 Å². The van der Waals surface area contributed by atoms with E-state index >= 15 is 0 Å². The van der Waals surface area contributed by atoms with Gasteiger partial charge in [0.05, 0.1) is 24.4 Å². The number of ether oxygens (including phenoxy) is 1. The molecule has 0 aliphatic carbocycles. The molecule has 0 aromatic carbocycles. The van der Waals surface area contributed by atoms with Crippen molar-refractivity contribution in [3.63, 3.8) is 0 Å². The summed E-state index contributed by atoms with van der Waals surface area (Å²) >= 11 is 0. The van der Waals surface area contributed by atoms with Crippen LogP contribution in [0.5, 0.6) is 0 Å². The lowest BCUT2D eigenvalue weighted by Crippen LogP contribution is -2.37. The zero-order chi connectivity index (χ0) is 12.7. The average Bonchev–Trinajstić information content (AvgIpc) is 2.73. The quantitative estimate of drug-likeness (QED) is 0.781. The summed E-state index contributed by atoms with van der Waals surface area (Å²) in [6, 6.07) is 0.0765. The number of hydrogen-bond donors (Lipinski definition) is 1. The highest BCUT2D eigenvalue weighted by atomic mass is 16.5. The first-order valence-electron chi connectivity index (χ1n) is 5.95. The standard InChI is InChI=1S/C12H21N3O2/c1-4-5-6-11(9-17-3)14-12(16)10-7-13-15(2)8-10/h7-8,11H,4-6,9H2,1-3H3,(H,14,16). The van der Waals surface area contributed by atoms with E-state index in [0.717, 1.165) is 19.3 Å². The van der Waals surface area contributed by atoms with Gasteiger partial charge in [-0.3, -0.25) is 9.48 Å².